The highest BCUT2D eigenvalue weighted by molar-refractivity contribution is 6.34. The molecule has 26 heavy (non-hydrogen) atoms. The van der Waals surface area contributed by atoms with Crippen LogP contribution in [0.1, 0.15) is 27.0 Å². The van der Waals surface area contributed by atoms with Crippen LogP contribution in [0.2, 0.25) is 5.02 Å². The Balaban J connectivity index is 1.96. The fourth-order valence-corrected chi connectivity index (χ4v) is 2.63. The molecule has 0 saturated carbocycles. The van der Waals surface area contributed by atoms with Crippen LogP contribution < -0.4 is 5.32 Å². The minimum atomic E-state index is -4.49. The van der Waals surface area contributed by atoms with Crippen LogP contribution in [0.25, 0.3) is 0 Å². The van der Waals surface area contributed by atoms with Gasteiger partial charge in [0, 0.05) is 0 Å². The number of rotatable bonds is 4. The van der Waals surface area contributed by atoms with E-state index >= 15 is 0 Å². The molecule has 0 aliphatic rings. The minimum Gasteiger partial charge on any atom is -0.452 e. The van der Waals surface area contributed by atoms with Crippen LogP contribution >= 0.6 is 11.6 Å². The third-order valence-corrected chi connectivity index (χ3v) is 3.78. The molecule has 0 aliphatic carbocycles. The lowest BCUT2D eigenvalue weighted by Crippen LogP contribution is -2.21. The van der Waals surface area contributed by atoms with Crippen LogP contribution in [0.15, 0.2) is 36.4 Å². The van der Waals surface area contributed by atoms with Gasteiger partial charge in [0.25, 0.3) is 5.91 Å². The summed E-state index contributed by atoms with van der Waals surface area (Å²) in [5.41, 5.74) is 1.12. The van der Waals surface area contributed by atoms with E-state index in [1.54, 1.807) is 13.0 Å². The smallest absolute Gasteiger partial charge is 0.416 e. The summed E-state index contributed by atoms with van der Waals surface area (Å²) in [6.07, 6.45) is -4.49. The zero-order valence-electron chi connectivity index (χ0n) is 13.9. The maximum Gasteiger partial charge on any atom is 0.416 e. The summed E-state index contributed by atoms with van der Waals surface area (Å²) in [5, 5.41) is 2.90. The predicted octanol–water partition coefficient (Wildman–Crippen LogP) is 4.77. The molecule has 2 aromatic rings. The van der Waals surface area contributed by atoms with Gasteiger partial charge in [0.1, 0.15) is 0 Å². The van der Waals surface area contributed by atoms with Gasteiger partial charge >= 0.3 is 12.1 Å². The number of benzene rings is 2. The average Bonchev–Trinajstić information content (AvgIpc) is 2.55. The lowest BCUT2D eigenvalue weighted by Gasteiger charge is -2.12. The Hall–Kier alpha value is -2.54. The maximum atomic E-state index is 12.5. The Labute approximate surface area is 152 Å². The van der Waals surface area contributed by atoms with Gasteiger partial charge in [-0.05, 0) is 55.3 Å². The second-order valence-electron chi connectivity index (χ2n) is 5.64. The van der Waals surface area contributed by atoms with Gasteiger partial charge < -0.3 is 10.1 Å². The van der Waals surface area contributed by atoms with Gasteiger partial charge in [0.05, 0.1) is 21.8 Å². The van der Waals surface area contributed by atoms with Crippen LogP contribution in [-0.4, -0.2) is 18.5 Å². The SMILES string of the molecule is Cc1cc(C)c(NC(=O)COC(=O)c2ccc(C(F)(F)F)cc2)c(Cl)c1. The Morgan fingerprint density at radius 3 is 2.27 bits per heavy atom. The summed E-state index contributed by atoms with van der Waals surface area (Å²) in [6.45, 7) is 3.03. The second-order valence-corrected chi connectivity index (χ2v) is 6.05. The van der Waals surface area contributed by atoms with Crippen molar-refractivity contribution in [1.82, 2.24) is 0 Å². The number of hydrogen-bond acceptors (Lipinski definition) is 3. The topological polar surface area (TPSA) is 55.4 Å². The number of ether oxygens (including phenoxy) is 1. The van der Waals surface area contributed by atoms with E-state index in [0.717, 1.165) is 35.4 Å². The van der Waals surface area contributed by atoms with Crippen LogP contribution in [0.3, 0.4) is 0 Å². The van der Waals surface area contributed by atoms with E-state index in [-0.39, 0.29) is 5.56 Å². The summed E-state index contributed by atoms with van der Waals surface area (Å²) in [7, 11) is 0. The van der Waals surface area contributed by atoms with Crippen LogP contribution in [0.5, 0.6) is 0 Å². The third kappa shape index (κ3) is 4.98. The zero-order valence-corrected chi connectivity index (χ0v) is 14.7. The molecule has 0 fully saturated rings. The minimum absolute atomic E-state index is 0.0876. The standard InChI is InChI=1S/C18H15ClF3NO3/c1-10-7-11(2)16(14(19)8-10)23-15(24)9-26-17(25)12-3-5-13(6-4-12)18(20,21)22/h3-8H,9H2,1-2H3,(H,23,24). The number of carbonyl (C=O) groups excluding carboxylic acids is 2. The summed E-state index contributed by atoms with van der Waals surface area (Å²) >= 11 is 6.07. The first kappa shape index (κ1) is 19.8. The monoisotopic (exact) mass is 385 g/mol. The first-order valence-electron chi connectivity index (χ1n) is 7.49. The number of hydrogen-bond donors (Lipinski definition) is 1. The molecule has 0 heterocycles. The van der Waals surface area contributed by atoms with Crippen LogP contribution in [-0.2, 0) is 15.7 Å². The third-order valence-electron chi connectivity index (χ3n) is 3.48. The number of amides is 1. The van der Waals surface area contributed by atoms with Crippen molar-refractivity contribution < 1.29 is 27.5 Å². The highest BCUT2D eigenvalue weighted by atomic mass is 35.5. The van der Waals surface area contributed by atoms with E-state index in [2.05, 4.69) is 5.32 Å². The quantitative estimate of drug-likeness (QED) is 0.771. The fourth-order valence-electron chi connectivity index (χ4n) is 2.26. The van der Waals surface area contributed by atoms with Crippen LogP contribution in [0, 0.1) is 13.8 Å². The molecule has 0 aliphatic heterocycles. The molecule has 0 radical (unpaired) electrons. The van der Waals surface area contributed by atoms with Gasteiger partial charge in [-0.2, -0.15) is 13.2 Å². The Bertz CT molecular complexity index is 810. The number of nitrogens with one attached hydrogen (secondary N) is 1. The molecule has 8 heteroatoms. The van der Waals surface area contributed by atoms with E-state index in [1.807, 2.05) is 13.0 Å². The molecule has 1 amide bonds. The molecule has 2 aromatic carbocycles. The number of alkyl halides is 3. The fraction of sp³-hybridized carbons (Fsp3) is 0.222. The largest absolute Gasteiger partial charge is 0.452 e. The van der Waals surface area contributed by atoms with E-state index < -0.39 is 30.2 Å². The summed E-state index contributed by atoms with van der Waals surface area (Å²) in [5.74, 6) is -1.51. The average molecular weight is 386 g/mol. The lowest BCUT2D eigenvalue weighted by atomic mass is 10.1. The summed E-state index contributed by atoms with van der Waals surface area (Å²) in [4.78, 5) is 23.8. The maximum absolute atomic E-state index is 12.5. The van der Waals surface area contributed by atoms with Crippen molar-refractivity contribution in [2.75, 3.05) is 11.9 Å². The van der Waals surface area contributed by atoms with Crippen molar-refractivity contribution in [3.8, 4) is 0 Å². The van der Waals surface area contributed by atoms with E-state index in [4.69, 9.17) is 16.3 Å². The van der Waals surface area contributed by atoms with Crippen molar-refractivity contribution in [2.45, 2.75) is 20.0 Å². The van der Waals surface area contributed by atoms with Gasteiger partial charge in [0.15, 0.2) is 6.61 Å². The predicted molar refractivity (Wildman–Crippen MR) is 91.3 cm³/mol. The Morgan fingerprint density at radius 1 is 1.12 bits per heavy atom. The first-order chi connectivity index (χ1) is 12.1. The van der Waals surface area contributed by atoms with E-state index in [0.29, 0.717) is 10.7 Å². The van der Waals surface area contributed by atoms with Gasteiger partial charge in [-0.25, -0.2) is 4.79 Å². The number of carbonyl (C=O) groups is 2. The molecule has 4 nitrogen and oxygen atoms in total. The number of aryl methyl sites for hydroxylation is 2. The van der Waals surface area contributed by atoms with Gasteiger partial charge in [-0.15, -0.1) is 0 Å². The molecular weight excluding hydrogens is 371 g/mol. The van der Waals surface area contributed by atoms with Crippen molar-refractivity contribution >= 4 is 29.2 Å². The van der Waals surface area contributed by atoms with Crippen LogP contribution in [0.4, 0.5) is 18.9 Å². The summed E-state index contributed by atoms with van der Waals surface area (Å²) in [6, 6.07) is 7.03. The van der Waals surface area contributed by atoms with Crippen molar-refractivity contribution in [3.63, 3.8) is 0 Å². The molecule has 1 N–H and O–H groups in total. The van der Waals surface area contributed by atoms with Crippen molar-refractivity contribution in [1.29, 1.82) is 0 Å². The molecular formula is C18H15ClF3NO3. The molecule has 0 saturated heterocycles. The van der Waals surface area contributed by atoms with Gasteiger partial charge in [-0.3, -0.25) is 4.79 Å². The zero-order chi connectivity index (χ0) is 19.5. The number of anilines is 1. The molecule has 0 unspecified atom stereocenters. The normalized spacial score (nSPS) is 11.2. The van der Waals surface area contributed by atoms with Gasteiger partial charge in [-0.1, -0.05) is 17.7 Å². The van der Waals surface area contributed by atoms with E-state index in [9.17, 15) is 22.8 Å². The first-order valence-corrected chi connectivity index (χ1v) is 7.86. The highest BCUT2D eigenvalue weighted by Gasteiger charge is 2.30. The lowest BCUT2D eigenvalue weighted by molar-refractivity contribution is -0.137. The summed E-state index contributed by atoms with van der Waals surface area (Å²) < 4.78 is 42.3. The van der Waals surface area contributed by atoms with Crippen molar-refractivity contribution in [2.24, 2.45) is 0 Å². The Kier molecular flexibility index (Phi) is 5.92. The number of halogens is 4. The highest BCUT2D eigenvalue weighted by Crippen LogP contribution is 2.29. The second kappa shape index (κ2) is 7.78. The molecule has 2 rings (SSSR count). The molecule has 0 spiro atoms. The molecule has 0 aromatic heterocycles. The molecule has 0 bridgehead atoms. The molecule has 0 atom stereocenters. The van der Waals surface area contributed by atoms with E-state index in [1.165, 1.54) is 0 Å². The Morgan fingerprint density at radius 2 is 1.73 bits per heavy atom. The van der Waals surface area contributed by atoms with Crippen molar-refractivity contribution in [3.05, 3.63) is 63.7 Å². The molecule has 138 valence electrons. The van der Waals surface area contributed by atoms with Gasteiger partial charge in [0.2, 0.25) is 0 Å². The number of esters is 1.